The van der Waals surface area contributed by atoms with E-state index in [1.165, 1.54) is 0 Å². The molecule has 0 aliphatic carbocycles. The molecule has 68 valence electrons. The first-order chi connectivity index (χ1) is 5.55. The van der Waals surface area contributed by atoms with E-state index in [9.17, 15) is 0 Å². The zero-order valence-corrected chi connectivity index (χ0v) is 7.89. The van der Waals surface area contributed by atoms with Gasteiger partial charge in [0.25, 0.3) is 0 Å². The lowest BCUT2D eigenvalue weighted by atomic mass is 9.89. The predicted octanol–water partition coefficient (Wildman–Crippen LogP) is 1.24. The van der Waals surface area contributed by atoms with E-state index >= 15 is 0 Å². The molecule has 0 radical (unpaired) electrons. The number of nitrogens with zero attached hydrogens (tertiary/aromatic N) is 1. The van der Waals surface area contributed by atoms with Crippen LogP contribution in [0.4, 0.5) is 0 Å². The second-order valence-electron chi connectivity index (χ2n) is 3.99. The molecule has 1 aromatic rings. The third-order valence-corrected chi connectivity index (χ3v) is 1.85. The topological polar surface area (TPSA) is 48.9 Å². The van der Waals surface area contributed by atoms with Crippen LogP contribution in [0.1, 0.15) is 32.0 Å². The summed E-state index contributed by atoms with van der Waals surface area (Å²) in [4.78, 5) is 0. The van der Waals surface area contributed by atoms with Gasteiger partial charge in [-0.2, -0.15) is 5.10 Å². The van der Waals surface area contributed by atoms with Crippen LogP contribution in [0.15, 0.2) is 6.20 Å². The SMILES string of the molecule is CC(C)(C)c1[nH]ncc1CCO. The Bertz CT molecular complexity index is 247. The van der Waals surface area contributed by atoms with Crippen molar-refractivity contribution in [2.45, 2.75) is 32.6 Å². The van der Waals surface area contributed by atoms with Crippen molar-refractivity contribution in [1.82, 2.24) is 10.2 Å². The summed E-state index contributed by atoms with van der Waals surface area (Å²) in [5.41, 5.74) is 2.32. The summed E-state index contributed by atoms with van der Waals surface area (Å²) in [5.74, 6) is 0. The van der Waals surface area contributed by atoms with Crippen molar-refractivity contribution < 1.29 is 5.11 Å². The first-order valence-corrected chi connectivity index (χ1v) is 4.19. The van der Waals surface area contributed by atoms with Gasteiger partial charge < -0.3 is 5.11 Å². The van der Waals surface area contributed by atoms with Gasteiger partial charge in [0.15, 0.2) is 0 Å². The van der Waals surface area contributed by atoms with Gasteiger partial charge in [-0.25, -0.2) is 0 Å². The molecule has 1 heterocycles. The Kier molecular flexibility index (Phi) is 2.52. The van der Waals surface area contributed by atoms with Gasteiger partial charge in [0.2, 0.25) is 0 Å². The van der Waals surface area contributed by atoms with Crippen LogP contribution in [-0.4, -0.2) is 21.9 Å². The Labute approximate surface area is 72.8 Å². The van der Waals surface area contributed by atoms with Crippen LogP contribution >= 0.6 is 0 Å². The molecule has 12 heavy (non-hydrogen) atoms. The first-order valence-electron chi connectivity index (χ1n) is 4.19. The van der Waals surface area contributed by atoms with Crippen molar-refractivity contribution in [2.75, 3.05) is 6.61 Å². The monoisotopic (exact) mass is 168 g/mol. The van der Waals surface area contributed by atoms with Gasteiger partial charge in [0.1, 0.15) is 0 Å². The second kappa shape index (κ2) is 3.27. The molecule has 1 rings (SSSR count). The van der Waals surface area contributed by atoms with E-state index in [0.29, 0.717) is 6.42 Å². The quantitative estimate of drug-likeness (QED) is 0.698. The molecule has 3 heteroatoms. The fourth-order valence-corrected chi connectivity index (χ4v) is 1.27. The zero-order chi connectivity index (χ0) is 9.19. The molecule has 2 N–H and O–H groups in total. The van der Waals surface area contributed by atoms with Crippen LogP contribution < -0.4 is 0 Å². The average molecular weight is 168 g/mol. The van der Waals surface area contributed by atoms with Crippen LogP contribution in [-0.2, 0) is 11.8 Å². The fourth-order valence-electron chi connectivity index (χ4n) is 1.27. The molecule has 0 aromatic carbocycles. The summed E-state index contributed by atoms with van der Waals surface area (Å²) in [6, 6.07) is 0. The van der Waals surface area contributed by atoms with Gasteiger partial charge in [-0.3, -0.25) is 5.10 Å². The maximum atomic E-state index is 8.79. The van der Waals surface area contributed by atoms with Crippen LogP contribution in [0.25, 0.3) is 0 Å². The standard InChI is InChI=1S/C9H16N2O/c1-9(2,3)8-7(4-5-12)6-10-11-8/h6,12H,4-5H2,1-3H3,(H,10,11). The smallest absolute Gasteiger partial charge is 0.0523 e. The molecule has 0 aliphatic rings. The molecular formula is C9H16N2O. The molecule has 0 fully saturated rings. The molecule has 1 aromatic heterocycles. The molecule has 0 unspecified atom stereocenters. The maximum Gasteiger partial charge on any atom is 0.0523 e. The summed E-state index contributed by atoms with van der Waals surface area (Å²) in [6.45, 7) is 6.56. The van der Waals surface area contributed by atoms with Gasteiger partial charge in [-0.15, -0.1) is 0 Å². The van der Waals surface area contributed by atoms with Gasteiger partial charge in [-0.1, -0.05) is 20.8 Å². The normalized spacial score (nSPS) is 12.0. The molecule has 0 spiro atoms. The Hall–Kier alpha value is -0.830. The Morgan fingerprint density at radius 1 is 1.50 bits per heavy atom. The van der Waals surface area contributed by atoms with Crippen molar-refractivity contribution in [3.63, 3.8) is 0 Å². The minimum absolute atomic E-state index is 0.0843. The lowest BCUT2D eigenvalue weighted by Crippen LogP contribution is -2.14. The van der Waals surface area contributed by atoms with Crippen molar-refractivity contribution in [3.8, 4) is 0 Å². The number of aliphatic hydroxyl groups excluding tert-OH is 1. The number of aromatic amines is 1. The van der Waals surface area contributed by atoms with Gasteiger partial charge >= 0.3 is 0 Å². The van der Waals surface area contributed by atoms with Crippen LogP contribution in [0, 0.1) is 0 Å². The van der Waals surface area contributed by atoms with E-state index in [0.717, 1.165) is 11.3 Å². The average Bonchev–Trinajstić information content (AvgIpc) is 2.34. The minimum atomic E-state index is 0.0843. The molecule has 3 nitrogen and oxygen atoms in total. The highest BCUT2D eigenvalue weighted by Gasteiger charge is 2.19. The molecule has 0 aliphatic heterocycles. The number of hydrogen-bond donors (Lipinski definition) is 2. The predicted molar refractivity (Wildman–Crippen MR) is 48.1 cm³/mol. The van der Waals surface area contributed by atoms with Crippen molar-refractivity contribution in [2.24, 2.45) is 0 Å². The molecule has 0 saturated heterocycles. The number of nitrogens with one attached hydrogen (secondary N) is 1. The van der Waals surface area contributed by atoms with E-state index in [2.05, 4.69) is 31.0 Å². The summed E-state index contributed by atoms with van der Waals surface area (Å²) in [6.07, 6.45) is 2.47. The van der Waals surface area contributed by atoms with Crippen LogP contribution in [0.5, 0.6) is 0 Å². The summed E-state index contributed by atoms with van der Waals surface area (Å²) < 4.78 is 0. The third kappa shape index (κ3) is 1.85. The summed E-state index contributed by atoms with van der Waals surface area (Å²) >= 11 is 0. The number of H-pyrrole nitrogens is 1. The Balaban J connectivity index is 2.91. The number of aliphatic hydroxyl groups is 1. The maximum absolute atomic E-state index is 8.79. The van der Waals surface area contributed by atoms with Gasteiger partial charge in [-0.05, 0) is 12.0 Å². The largest absolute Gasteiger partial charge is 0.396 e. The summed E-state index contributed by atoms with van der Waals surface area (Å²) in [7, 11) is 0. The Morgan fingerprint density at radius 2 is 2.17 bits per heavy atom. The van der Waals surface area contributed by atoms with Crippen LogP contribution in [0.2, 0.25) is 0 Å². The van der Waals surface area contributed by atoms with Crippen molar-refractivity contribution in [3.05, 3.63) is 17.5 Å². The number of aromatic nitrogens is 2. The Morgan fingerprint density at radius 3 is 2.67 bits per heavy atom. The highest BCUT2D eigenvalue weighted by Crippen LogP contribution is 2.23. The third-order valence-electron chi connectivity index (χ3n) is 1.85. The van der Waals surface area contributed by atoms with E-state index in [1.807, 2.05) is 0 Å². The first kappa shape index (κ1) is 9.26. The zero-order valence-electron chi connectivity index (χ0n) is 7.89. The van der Waals surface area contributed by atoms with E-state index in [-0.39, 0.29) is 12.0 Å². The van der Waals surface area contributed by atoms with Crippen LogP contribution in [0.3, 0.4) is 0 Å². The van der Waals surface area contributed by atoms with Gasteiger partial charge in [0.05, 0.1) is 6.20 Å². The summed E-state index contributed by atoms with van der Waals surface area (Å²) in [5, 5.41) is 15.7. The molecule has 0 amide bonds. The fraction of sp³-hybridized carbons (Fsp3) is 0.667. The lowest BCUT2D eigenvalue weighted by Gasteiger charge is -2.17. The lowest BCUT2D eigenvalue weighted by molar-refractivity contribution is 0.298. The molecule has 0 saturated carbocycles. The van der Waals surface area contributed by atoms with E-state index in [1.54, 1.807) is 6.20 Å². The molecular weight excluding hydrogens is 152 g/mol. The highest BCUT2D eigenvalue weighted by atomic mass is 16.2. The van der Waals surface area contributed by atoms with Crippen molar-refractivity contribution >= 4 is 0 Å². The highest BCUT2D eigenvalue weighted by molar-refractivity contribution is 5.23. The van der Waals surface area contributed by atoms with Gasteiger partial charge in [0, 0.05) is 17.7 Å². The van der Waals surface area contributed by atoms with E-state index in [4.69, 9.17) is 5.11 Å². The molecule has 0 bridgehead atoms. The van der Waals surface area contributed by atoms with E-state index < -0.39 is 0 Å². The second-order valence-corrected chi connectivity index (χ2v) is 3.99. The number of rotatable bonds is 2. The van der Waals surface area contributed by atoms with Crippen molar-refractivity contribution in [1.29, 1.82) is 0 Å². The molecule has 0 atom stereocenters. The minimum Gasteiger partial charge on any atom is -0.396 e. The number of hydrogen-bond acceptors (Lipinski definition) is 2.